The Bertz CT molecular complexity index is 1120. The number of sulfonamides is 1. The van der Waals surface area contributed by atoms with E-state index >= 15 is 0 Å². The highest BCUT2D eigenvalue weighted by atomic mass is 32.2. The second kappa shape index (κ2) is 7.96. The number of carbonyl (C=O) groups is 1. The van der Waals surface area contributed by atoms with Crippen LogP contribution in [0.2, 0.25) is 0 Å². The van der Waals surface area contributed by atoms with E-state index in [-0.39, 0.29) is 11.8 Å². The molecule has 152 valence electrons. The van der Waals surface area contributed by atoms with E-state index in [0.717, 1.165) is 29.5 Å². The van der Waals surface area contributed by atoms with Gasteiger partial charge in [0.05, 0.1) is 23.5 Å². The van der Waals surface area contributed by atoms with Crippen molar-refractivity contribution < 1.29 is 13.2 Å². The van der Waals surface area contributed by atoms with Gasteiger partial charge in [0.25, 0.3) is 5.91 Å². The Morgan fingerprint density at radius 1 is 1.17 bits per heavy atom. The van der Waals surface area contributed by atoms with E-state index in [1.807, 2.05) is 48.7 Å². The number of hydrogen-bond donors (Lipinski definition) is 1. The van der Waals surface area contributed by atoms with E-state index in [1.54, 1.807) is 10.7 Å². The molecule has 0 radical (unpaired) electrons. The highest BCUT2D eigenvalue weighted by molar-refractivity contribution is 7.88. The molecule has 0 unspecified atom stereocenters. The quantitative estimate of drug-likeness (QED) is 0.698. The summed E-state index contributed by atoms with van der Waals surface area (Å²) >= 11 is 0. The van der Waals surface area contributed by atoms with E-state index in [0.29, 0.717) is 25.2 Å². The third-order valence-electron chi connectivity index (χ3n) is 5.48. The topological polar surface area (TPSA) is 83.8 Å². The predicted molar refractivity (Wildman–Crippen MR) is 111 cm³/mol. The van der Waals surface area contributed by atoms with Gasteiger partial charge >= 0.3 is 0 Å². The lowest BCUT2D eigenvalue weighted by molar-refractivity contribution is 0.0952. The molecule has 8 heteroatoms. The second-order valence-corrected chi connectivity index (χ2v) is 9.44. The molecule has 1 aliphatic heterocycles. The third-order valence-corrected chi connectivity index (χ3v) is 6.78. The van der Waals surface area contributed by atoms with Crippen LogP contribution in [-0.4, -0.2) is 47.6 Å². The zero-order valence-electron chi connectivity index (χ0n) is 16.3. The minimum Gasteiger partial charge on any atom is -0.348 e. The van der Waals surface area contributed by atoms with Crippen molar-refractivity contribution in [2.45, 2.75) is 25.3 Å². The van der Waals surface area contributed by atoms with Gasteiger partial charge in [-0.25, -0.2) is 17.2 Å². The lowest BCUT2D eigenvalue weighted by Gasteiger charge is -2.30. The Labute approximate surface area is 170 Å². The van der Waals surface area contributed by atoms with Gasteiger partial charge in [-0.05, 0) is 42.0 Å². The molecule has 4 rings (SSSR count). The Kier molecular flexibility index (Phi) is 5.38. The second-order valence-electron chi connectivity index (χ2n) is 7.45. The zero-order chi connectivity index (χ0) is 20.4. The van der Waals surface area contributed by atoms with Gasteiger partial charge < -0.3 is 5.32 Å². The first-order valence-corrected chi connectivity index (χ1v) is 11.5. The van der Waals surface area contributed by atoms with Crippen LogP contribution in [0.3, 0.4) is 0 Å². The number of pyridine rings is 1. The normalized spacial score (nSPS) is 16.2. The lowest BCUT2D eigenvalue weighted by atomic mass is 9.90. The van der Waals surface area contributed by atoms with Crippen LogP contribution in [-0.2, 0) is 16.6 Å². The molecule has 0 atom stereocenters. The van der Waals surface area contributed by atoms with Crippen molar-refractivity contribution in [3.05, 3.63) is 71.5 Å². The van der Waals surface area contributed by atoms with Crippen LogP contribution < -0.4 is 5.32 Å². The van der Waals surface area contributed by atoms with Crippen LogP contribution in [0.25, 0.3) is 5.52 Å². The summed E-state index contributed by atoms with van der Waals surface area (Å²) in [5, 5.41) is 7.24. The summed E-state index contributed by atoms with van der Waals surface area (Å²) < 4.78 is 26.7. The summed E-state index contributed by atoms with van der Waals surface area (Å²) in [4.78, 5) is 12.7. The van der Waals surface area contributed by atoms with Gasteiger partial charge in [0.2, 0.25) is 10.0 Å². The highest BCUT2D eigenvalue weighted by Crippen LogP contribution is 2.30. The average molecular weight is 413 g/mol. The van der Waals surface area contributed by atoms with Crippen LogP contribution in [0, 0.1) is 0 Å². The fourth-order valence-corrected chi connectivity index (χ4v) is 4.69. The smallest absolute Gasteiger partial charge is 0.255 e. The first-order valence-electron chi connectivity index (χ1n) is 9.66. The molecule has 29 heavy (non-hydrogen) atoms. The summed E-state index contributed by atoms with van der Waals surface area (Å²) in [6.07, 6.45) is 6.25. The molecule has 0 bridgehead atoms. The molecule has 1 aliphatic rings. The van der Waals surface area contributed by atoms with Gasteiger partial charge in [-0.15, -0.1) is 0 Å². The van der Waals surface area contributed by atoms with Gasteiger partial charge in [-0.2, -0.15) is 5.10 Å². The van der Waals surface area contributed by atoms with Crippen LogP contribution in [0.5, 0.6) is 0 Å². The molecule has 7 nitrogen and oxygen atoms in total. The summed E-state index contributed by atoms with van der Waals surface area (Å²) in [5.74, 6) is 0.112. The summed E-state index contributed by atoms with van der Waals surface area (Å²) in [5.41, 5.74) is 3.45. The molecule has 3 aromatic rings. The maximum absolute atomic E-state index is 12.7. The van der Waals surface area contributed by atoms with Crippen molar-refractivity contribution in [3.8, 4) is 0 Å². The van der Waals surface area contributed by atoms with Crippen molar-refractivity contribution in [1.82, 2.24) is 19.2 Å². The number of benzene rings is 1. The van der Waals surface area contributed by atoms with E-state index < -0.39 is 10.0 Å². The molecule has 1 fully saturated rings. The van der Waals surface area contributed by atoms with Crippen molar-refractivity contribution in [2.75, 3.05) is 19.3 Å². The maximum atomic E-state index is 12.7. The Balaban J connectivity index is 1.50. The third kappa shape index (κ3) is 4.33. The van der Waals surface area contributed by atoms with Gasteiger partial charge in [-0.1, -0.05) is 30.3 Å². The van der Waals surface area contributed by atoms with Gasteiger partial charge in [-0.3, -0.25) is 4.79 Å². The molecule has 1 saturated heterocycles. The van der Waals surface area contributed by atoms with Crippen molar-refractivity contribution >= 4 is 21.4 Å². The fraction of sp³-hybridized carbons (Fsp3) is 0.333. The minimum absolute atomic E-state index is 0.159. The Morgan fingerprint density at radius 2 is 1.90 bits per heavy atom. The van der Waals surface area contributed by atoms with Crippen LogP contribution in [0.1, 0.15) is 40.2 Å². The number of aromatic nitrogens is 2. The number of nitrogens with zero attached hydrogens (tertiary/aromatic N) is 3. The zero-order valence-corrected chi connectivity index (χ0v) is 17.1. The summed E-state index contributed by atoms with van der Waals surface area (Å²) in [7, 11) is -3.14. The molecular formula is C21H24N4O3S. The van der Waals surface area contributed by atoms with Crippen LogP contribution in [0.15, 0.2) is 54.9 Å². The largest absolute Gasteiger partial charge is 0.348 e. The minimum atomic E-state index is -3.14. The van der Waals surface area contributed by atoms with Gasteiger partial charge in [0.1, 0.15) is 0 Å². The molecule has 1 aromatic carbocycles. The van der Waals surface area contributed by atoms with E-state index in [9.17, 15) is 13.2 Å². The number of nitrogens with one attached hydrogen (secondary N) is 1. The van der Waals surface area contributed by atoms with Crippen LogP contribution in [0.4, 0.5) is 0 Å². The predicted octanol–water partition coefficient (Wildman–Crippen LogP) is 2.40. The number of fused-ring (bicyclic) bond motifs is 1. The fourth-order valence-electron chi connectivity index (χ4n) is 3.82. The molecule has 3 heterocycles. The van der Waals surface area contributed by atoms with Crippen molar-refractivity contribution in [1.29, 1.82) is 0 Å². The molecular weight excluding hydrogens is 388 g/mol. The summed E-state index contributed by atoms with van der Waals surface area (Å²) in [6, 6.07) is 13.8. The van der Waals surface area contributed by atoms with Crippen LogP contribution >= 0.6 is 0 Å². The standard InChI is InChI=1S/C21H24N4O3S/c1-29(27,28)24-10-7-17(8-11-24)18-9-12-25-20(13-18)19(15-23-25)21(26)22-14-16-5-3-2-4-6-16/h2-6,9,12-13,15,17H,7-8,10-11,14H2,1H3,(H,22,26). The first kappa shape index (κ1) is 19.6. The molecule has 0 aliphatic carbocycles. The monoisotopic (exact) mass is 412 g/mol. The van der Waals surface area contributed by atoms with Crippen molar-refractivity contribution in [2.24, 2.45) is 0 Å². The highest BCUT2D eigenvalue weighted by Gasteiger charge is 2.26. The number of amides is 1. The van der Waals surface area contributed by atoms with E-state index in [2.05, 4.69) is 10.4 Å². The number of piperidine rings is 1. The Hall–Kier alpha value is -2.71. The van der Waals surface area contributed by atoms with Gasteiger partial charge in [0, 0.05) is 25.8 Å². The molecule has 1 amide bonds. The number of carbonyl (C=O) groups excluding carboxylic acids is 1. The van der Waals surface area contributed by atoms with Gasteiger partial charge in [0.15, 0.2) is 0 Å². The number of rotatable bonds is 5. The van der Waals surface area contributed by atoms with E-state index in [4.69, 9.17) is 0 Å². The summed E-state index contributed by atoms with van der Waals surface area (Å²) in [6.45, 7) is 1.51. The molecule has 0 spiro atoms. The van der Waals surface area contributed by atoms with E-state index in [1.165, 1.54) is 10.6 Å². The number of hydrogen-bond acceptors (Lipinski definition) is 4. The average Bonchev–Trinajstić information content (AvgIpc) is 3.15. The maximum Gasteiger partial charge on any atom is 0.255 e. The molecule has 2 aromatic heterocycles. The lowest BCUT2D eigenvalue weighted by Crippen LogP contribution is -2.37. The SMILES string of the molecule is CS(=O)(=O)N1CCC(c2ccn3ncc(C(=O)NCc4ccccc4)c3c2)CC1. The first-order chi connectivity index (χ1) is 13.9. The molecule has 0 saturated carbocycles. The van der Waals surface area contributed by atoms with Crippen molar-refractivity contribution in [3.63, 3.8) is 0 Å². The Morgan fingerprint density at radius 3 is 2.59 bits per heavy atom. The molecule has 1 N–H and O–H groups in total.